The predicted octanol–water partition coefficient (Wildman–Crippen LogP) is 3.23. The number of nitrogens with zero attached hydrogens (tertiary/aromatic N) is 1. The lowest BCUT2D eigenvalue weighted by molar-refractivity contribution is 0.243. The highest BCUT2D eigenvalue weighted by atomic mass is 16.5. The average molecular weight is 286 g/mol. The highest BCUT2D eigenvalue weighted by Gasteiger charge is 2.18. The third kappa shape index (κ3) is 5.32. The Morgan fingerprint density at radius 1 is 1.38 bits per heavy atom. The minimum atomic E-state index is 0.527. The molecule has 0 aromatic heterocycles. The molecular formula is C18H26N2O. The fraction of sp³-hybridized carbons (Fsp3) is 0.556. The maximum atomic E-state index is 5.78. The van der Waals surface area contributed by atoms with Crippen LogP contribution in [-0.4, -0.2) is 37.2 Å². The van der Waals surface area contributed by atoms with Crippen LogP contribution >= 0.6 is 0 Å². The molecule has 114 valence electrons. The van der Waals surface area contributed by atoms with E-state index >= 15 is 0 Å². The second kappa shape index (κ2) is 7.95. The van der Waals surface area contributed by atoms with E-state index < -0.39 is 0 Å². The second-order valence-corrected chi connectivity index (χ2v) is 6.13. The summed E-state index contributed by atoms with van der Waals surface area (Å²) >= 11 is 0. The van der Waals surface area contributed by atoms with Crippen molar-refractivity contribution in [2.24, 2.45) is 5.92 Å². The number of terminal acetylenes is 1. The molecule has 1 aromatic carbocycles. The summed E-state index contributed by atoms with van der Waals surface area (Å²) in [5.74, 6) is 4.21. The molecule has 3 heteroatoms. The van der Waals surface area contributed by atoms with Crippen molar-refractivity contribution in [3.05, 3.63) is 24.3 Å². The third-order valence-electron chi connectivity index (χ3n) is 3.69. The van der Waals surface area contributed by atoms with Crippen molar-refractivity contribution in [1.82, 2.24) is 4.90 Å². The number of anilines is 1. The van der Waals surface area contributed by atoms with Gasteiger partial charge in [-0.15, -0.1) is 6.42 Å². The Hall–Kier alpha value is -1.66. The SMILES string of the molecule is C#CCN1CCC(Nc2cccc(OCC(C)C)c2)CC1. The Bertz CT molecular complexity index is 470. The van der Waals surface area contributed by atoms with Crippen molar-refractivity contribution in [1.29, 1.82) is 0 Å². The monoisotopic (exact) mass is 286 g/mol. The molecule has 3 nitrogen and oxygen atoms in total. The summed E-state index contributed by atoms with van der Waals surface area (Å²) < 4.78 is 5.78. The maximum Gasteiger partial charge on any atom is 0.121 e. The number of hydrogen-bond acceptors (Lipinski definition) is 3. The lowest BCUT2D eigenvalue weighted by atomic mass is 10.0. The molecule has 0 spiro atoms. The molecule has 0 atom stereocenters. The first-order valence-electron chi connectivity index (χ1n) is 7.82. The molecule has 21 heavy (non-hydrogen) atoms. The number of hydrogen-bond donors (Lipinski definition) is 1. The zero-order valence-corrected chi connectivity index (χ0v) is 13.1. The lowest BCUT2D eigenvalue weighted by Gasteiger charge is -2.31. The topological polar surface area (TPSA) is 24.5 Å². The number of likely N-dealkylation sites (tertiary alicyclic amines) is 1. The van der Waals surface area contributed by atoms with E-state index in [2.05, 4.69) is 42.1 Å². The molecule has 1 fully saturated rings. The Morgan fingerprint density at radius 2 is 2.14 bits per heavy atom. The molecule has 1 aromatic rings. The Kier molecular flexibility index (Phi) is 5.95. The Morgan fingerprint density at radius 3 is 2.81 bits per heavy atom. The van der Waals surface area contributed by atoms with Gasteiger partial charge in [-0.25, -0.2) is 0 Å². The van der Waals surface area contributed by atoms with Crippen molar-refractivity contribution in [2.75, 3.05) is 31.6 Å². The van der Waals surface area contributed by atoms with Gasteiger partial charge in [0, 0.05) is 30.9 Å². The lowest BCUT2D eigenvalue weighted by Crippen LogP contribution is -2.39. The molecule has 2 rings (SSSR count). The largest absolute Gasteiger partial charge is 0.493 e. The standard InChI is InChI=1S/C18H26N2O/c1-4-10-20-11-8-16(9-12-20)19-17-6-5-7-18(13-17)21-14-15(2)3/h1,5-7,13,15-16,19H,8-12,14H2,2-3H3. The number of benzene rings is 1. The molecule has 1 aliphatic rings. The van der Waals surface area contributed by atoms with Gasteiger partial charge in [0.25, 0.3) is 0 Å². The van der Waals surface area contributed by atoms with Crippen molar-refractivity contribution < 1.29 is 4.74 Å². The number of nitrogens with one attached hydrogen (secondary N) is 1. The molecule has 0 radical (unpaired) electrons. The van der Waals surface area contributed by atoms with Gasteiger partial charge in [0.2, 0.25) is 0 Å². The first-order valence-corrected chi connectivity index (χ1v) is 7.82. The summed E-state index contributed by atoms with van der Waals surface area (Å²) in [5.41, 5.74) is 1.15. The van der Waals surface area contributed by atoms with E-state index in [1.54, 1.807) is 0 Å². The van der Waals surface area contributed by atoms with Gasteiger partial charge >= 0.3 is 0 Å². The van der Waals surface area contributed by atoms with Crippen LogP contribution in [-0.2, 0) is 0 Å². The Labute approximate surface area is 128 Å². The van der Waals surface area contributed by atoms with Crippen LogP contribution in [0, 0.1) is 18.3 Å². The van der Waals surface area contributed by atoms with Crippen LogP contribution in [0.2, 0.25) is 0 Å². The molecule has 1 aliphatic heterocycles. The van der Waals surface area contributed by atoms with Crippen LogP contribution in [0.1, 0.15) is 26.7 Å². The first kappa shape index (κ1) is 15.7. The molecule has 0 amide bonds. The Balaban J connectivity index is 1.83. The number of piperidine rings is 1. The zero-order chi connectivity index (χ0) is 15.1. The third-order valence-corrected chi connectivity index (χ3v) is 3.69. The van der Waals surface area contributed by atoms with Crippen LogP contribution < -0.4 is 10.1 Å². The van der Waals surface area contributed by atoms with E-state index in [0.29, 0.717) is 12.0 Å². The molecule has 0 saturated carbocycles. The van der Waals surface area contributed by atoms with E-state index in [4.69, 9.17) is 11.2 Å². The van der Waals surface area contributed by atoms with E-state index in [9.17, 15) is 0 Å². The van der Waals surface area contributed by atoms with Gasteiger partial charge in [0.05, 0.1) is 13.2 Å². The molecule has 1 heterocycles. The normalized spacial score (nSPS) is 16.7. The fourth-order valence-electron chi connectivity index (χ4n) is 2.54. The van der Waals surface area contributed by atoms with Gasteiger partial charge in [-0.1, -0.05) is 25.8 Å². The molecule has 0 unspecified atom stereocenters. The van der Waals surface area contributed by atoms with E-state index in [0.717, 1.165) is 50.5 Å². The van der Waals surface area contributed by atoms with Crippen molar-refractivity contribution in [3.63, 3.8) is 0 Å². The smallest absolute Gasteiger partial charge is 0.121 e. The minimum Gasteiger partial charge on any atom is -0.493 e. The molecule has 0 bridgehead atoms. The average Bonchev–Trinajstić information content (AvgIpc) is 2.48. The quantitative estimate of drug-likeness (QED) is 0.813. The molecule has 1 saturated heterocycles. The van der Waals surface area contributed by atoms with E-state index in [1.807, 2.05) is 12.1 Å². The summed E-state index contributed by atoms with van der Waals surface area (Å²) in [5, 5.41) is 3.61. The van der Waals surface area contributed by atoms with Crippen molar-refractivity contribution >= 4 is 5.69 Å². The summed E-state index contributed by atoms with van der Waals surface area (Å²) in [6.07, 6.45) is 7.64. The second-order valence-electron chi connectivity index (χ2n) is 6.13. The van der Waals surface area contributed by atoms with Gasteiger partial charge < -0.3 is 10.1 Å². The van der Waals surface area contributed by atoms with Gasteiger partial charge in [-0.2, -0.15) is 0 Å². The highest BCUT2D eigenvalue weighted by Crippen LogP contribution is 2.21. The van der Waals surface area contributed by atoms with Crippen LogP contribution in [0.4, 0.5) is 5.69 Å². The summed E-state index contributed by atoms with van der Waals surface area (Å²) in [7, 11) is 0. The van der Waals surface area contributed by atoms with Crippen molar-refractivity contribution in [3.8, 4) is 18.1 Å². The summed E-state index contributed by atoms with van der Waals surface area (Å²) in [6.45, 7) is 7.99. The molecule has 1 N–H and O–H groups in total. The van der Waals surface area contributed by atoms with Gasteiger partial charge in [0.15, 0.2) is 0 Å². The van der Waals surface area contributed by atoms with Crippen LogP contribution in [0.3, 0.4) is 0 Å². The highest BCUT2D eigenvalue weighted by molar-refractivity contribution is 5.48. The first-order chi connectivity index (χ1) is 10.2. The van der Waals surface area contributed by atoms with Gasteiger partial charge in [-0.3, -0.25) is 4.90 Å². The minimum absolute atomic E-state index is 0.527. The zero-order valence-electron chi connectivity index (χ0n) is 13.1. The van der Waals surface area contributed by atoms with E-state index in [1.165, 1.54) is 0 Å². The summed E-state index contributed by atoms with van der Waals surface area (Å²) in [4.78, 5) is 2.33. The predicted molar refractivity (Wildman–Crippen MR) is 88.7 cm³/mol. The van der Waals surface area contributed by atoms with Crippen LogP contribution in [0.5, 0.6) is 5.75 Å². The molecular weight excluding hydrogens is 260 g/mol. The number of ether oxygens (including phenoxy) is 1. The molecule has 0 aliphatic carbocycles. The van der Waals surface area contributed by atoms with Crippen LogP contribution in [0.15, 0.2) is 24.3 Å². The van der Waals surface area contributed by atoms with E-state index in [-0.39, 0.29) is 0 Å². The number of rotatable bonds is 6. The van der Waals surface area contributed by atoms with Gasteiger partial charge in [0.1, 0.15) is 5.75 Å². The van der Waals surface area contributed by atoms with Gasteiger partial charge in [-0.05, 0) is 30.9 Å². The van der Waals surface area contributed by atoms with Crippen molar-refractivity contribution in [2.45, 2.75) is 32.7 Å². The fourth-order valence-corrected chi connectivity index (χ4v) is 2.54. The maximum absolute atomic E-state index is 5.78. The van der Waals surface area contributed by atoms with Crippen LogP contribution in [0.25, 0.3) is 0 Å². The summed E-state index contributed by atoms with van der Waals surface area (Å²) in [6, 6.07) is 8.79.